The summed E-state index contributed by atoms with van der Waals surface area (Å²) in [5.74, 6) is 0.0895. The molecule has 1 heterocycles. The lowest BCUT2D eigenvalue weighted by Gasteiger charge is -2.12. The van der Waals surface area contributed by atoms with Crippen molar-refractivity contribution in [2.24, 2.45) is 0 Å². The SMILES string of the molecule is CCS(=O)(=O)c1nnc(NC(=O)/C(C#N)=C\c2ccc(OCc3ccccc3C)c(OC)c2)s1. The number of hydrogen-bond acceptors (Lipinski definition) is 9. The Morgan fingerprint density at radius 3 is 2.65 bits per heavy atom. The van der Waals surface area contributed by atoms with Crippen LogP contribution in [0.2, 0.25) is 0 Å². The second kappa shape index (κ2) is 10.9. The van der Waals surface area contributed by atoms with Crippen LogP contribution in [0.15, 0.2) is 52.4 Å². The van der Waals surface area contributed by atoms with Crippen molar-refractivity contribution in [3.05, 3.63) is 64.7 Å². The number of carbonyl (C=O) groups is 1. The molecule has 1 amide bonds. The van der Waals surface area contributed by atoms with Crippen molar-refractivity contribution in [2.75, 3.05) is 18.2 Å². The standard InChI is InChI=1S/C23H22N4O5S2/c1-4-34(29,30)23-27-26-22(33-23)25-21(28)18(13-24)11-16-9-10-19(20(12-16)31-3)32-14-17-8-6-5-7-15(17)2/h5-12H,4,14H2,1-3H3,(H,25,26,28)/b18-11-. The van der Waals surface area contributed by atoms with Crippen LogP contribution in [-0.2, 0) is 21.2 Å². The highest BCUT2D eigenvalue weighted by molar-refractivity contribution is 7.93. The number of anilines is 1. The van der Waals surface area contributed by atoms with E-state index >= 15 is 0 Å². The maximum atomic E-state index is 12.5. The zero-order chi connectivity index (χ0) is 24.7. The summed E-state index contributed by atoms with van der Waals surface area (Å²) in [6.07, 6.45) is 1.38. The first-order chi connectivity index (χ1) is 16.3. The largest absolute Gasteiger partial charge is 0.493 e. The molecular formula is C23H22N4O5S2. The molecule has 0 atom stereocenters. The molecule has 0 saturated carbocycles. The number of nitrogens with zero attached hydrogens (tertiary/aromatic N) is 3. The summed E-state index contributed by atoms with van der Waals surface area (Å²) < 4.78 is 34.9. The van der Waals surface area contributed by atoms with Crippen LogP contribution in [-0.4, -0.2) is 37.4 Å². The van der Waals surface area contributed by atoms with Crippen molar-refractivity contribution >= 4 is 38.3 Å². The van der Waals surface area contributed by atoms with Crippen LogP contribution in [0.3, 0.4) is 0 Å². The Morgan fingerprint density at radius 1 is 1.21 bits per heavy atom. The van der Waals surface area contributed by atoms with Gasteiger partial charge in [0, 0.05) is 0 Å². The number of rotatable bonds is 9. The van der Waals surface area contributed by atoms with Crippen molar-refractivity contribution in [2.45, 2.75) is 24.8 Å². The molecule has 2 aromatic carbocycles. The minimum absolute atomic E-state index is 0.0179. The lowest BCUT2D eigenvalue weighted by atomic mass is 10.1. The lowest BCUT2D eigenvalue weighted by molar-refractivity contribution is -0.112. The summed E-state index contributed by atoms with van der Waals surface area (Å²) >= 11 is 0.724. The monoisotopic (exact) mass is 498 g/mol. The quantitative estimate of drug-likeness (QED) is 0.268. The summed E-state index contributed by atoms with van der Waals surface area (Å²) in [6, 6.07) is 14.8. The van der Waals surface area contributed by atoms with Crippen LogP contribution in [0.5, 0.6) is 11.5 Å². The fraction of sp³-hybridized carbons (Fsp3) is 0.217. The van der Waals surface area contributed by atoms with Crippen LogP contribution in [0, 0.1) is 18.3 Å². The van der Waals surface area contributed by atoms with Crippen molar-refractivity contribution in [1.82, 2.24) is 10.2 Å². The zero-order valence-corrected chi connectivity index (χ0v) is 20.4. The Bertz CT molecular complexity index is 1370. The molecule has 0 radical (unpaired) electrons. The van der Waals surface area contributed by atoms with Crippen molar-refractivity contribution in [3.8, 4) is 17.6 Å². The molecule has 0 spiro atoms. The van der Waals surface area contributed by atoms with E-state index < -0.39 is 15.7 Å². The highest BCUT2D eigenvalue weighted by Gasteiger charge is 2.20. The fourth-order valence-corrected chi connectivity index (χ4v) is 4.79. The van der Waals surface area contributed by atoms with Gasteiger partial charge in [0.1, 0.15) is 18.2 Å². The van der Waals surface area contributed by atoms with Crippen LogP contribution in [0.1, 0.15) is 23.6 Å². The Morgan fingerprint density at radius 2 is 1.97 bits per heavy atom. The second-order valence-corrected chi connectivity index (χ2v) is 10.5. The van der Waals surface area contributed by atoms with Crippen LogP contribution in [0.4, 0.5) is 5.13 Å². The number of methoxy groups -OCH3 is 1. The van der Waals surface area contributed by atoms with Gasteiger partial charge in [-0.25, -0.2) is 8.42 Å². The average molecular weight is 499 g/mol. The zero-order valence-electron chi connectivity index (χ0n) is 18.7. The van der Waals surface area contributed by atoms with Gasteiger partial charge in [-0.05, 0) is 41.8 Å². The summed E-state index contributed by atoms with van der Waals surface area (Å²) in [4.78, 5) is 12.5. The van der Waals surface area contributed by atoms with E-state index in [9.17, 15) is 18.5 Å². The van der Waals surface area contributed by atoms with E-state index in [0.29, 0.717) is 23.7 Å². The van der Waals surface area contributed by atoms with E-state index in [1.165, 1.54) is 20.1 Å². The molecule has 1 aromatic heterocycles. The Hall–Kier alpha value is -3.75. The van der Waals surface area contributed by atoms with E-state index in [1.807, 2.05) is 37.3 Å². The Labute approximate surface area is 201 Å². The number of nitrogens with one attached hydrogen (secondary N) is 1. The first-order valence-corrected chi connectivity index (χ1v) is 12.6. The molecule has 3 rings (SSSR count). The smallest absolute Gasteiger partial charge is 0.268 e. The number of hydrogen-bond donors (Lipinski definition) is 1. The maximum Gasteiger partial charge on any atom is 0.268 e. The van der Waals surface area contributed by atoms with Gasteiger partial charge in [0.2, 0.25) is 19.3 Å². The number of ether oxygens (including phenoxy) is 2. The number of carbonyl (C=O) groups excluding carboxylic acids is 1. The highest BCUT2D eigenvalue weighted by Crippen LogP contribution is 2.30. The molecule has 0 aliphatic heterocycles. The Balaban J connectivity index is 1.75. The van der Waals surface area contributed by atoms with Gasteiger partial charge in [-0.2, -0.15) is 5.26 Å². The summed E-state index contributed by atoms with van der Waals surface area (Å²) in [6.45, 7) is 3.85. The summed E-state index contributed by atoms with van der Waals surface area (Å²) in [7, 11) is -2.04. The fourth-order valence-electron chi connectivity index (χ4n) is 2.81. The number of benzene rings is 2. The van der Waals surface area contributed by atoms with E-state index in [4.69, 9.17) is 9.47 Å². The molecule has 11 heteroatoms. The van der Waals surface area contributed by atoms with E-state index in [-0.39, 0.29) is 20.8 Å². The third-order valence-electron chi connectivity index (χ3n) is 4.78. The van der Waals surface area contributed by atoms with Crippen molar-refractivity contribution < 1.29 is 22.7 Å². The van der Waals surface area contributed by atoms with Crippen molar-refractivity contribution in [1.29, 1.82) is 5.26 Å². The van der Waals surface area contributed by atoms with Gasteiger partial charge in [0.25, 0.3) is 5.91 Å². The molecule has 3 aromatic rings. The van der Waals surface area contributed by atoms with Gasteiger partial charge in [-0.3, -0.25) is 10.1 Å². The van der Waals surface area contributed by atoms with Gasteiger partial charge < -0.3 is 9.47 Å². The number of nitriles is 1. The first-order valence-electron chi connectivity index (χ1n) is 10.1. The third kappa shape index (κ3) is 5.98. The Kier molecular flexibility index (Phi) is 7.99. The third-order valence-corrected chi connectivity index (χ3v) is 7.80. The minimum atomic E-state index is -3.54. The summed E-state index contributed by atoms with van der Waals surface area (Å²) in [5.41, 5.74) is 2.49. The highest BCUT2D eigenvalue weighted by atomic mass is 32.2. The van der Waals surface area contributed by atoms with E-state index in [0.717, 1.165) is 22.5 Å². The predicted molar refractivity (Wildman–Crippen MR) is 128 cm³/mol. The molecule has 34 heavy (non-hydrogen) atoms. The number of aryl methyl sites for hydroxylation is 1. The topological polar surface area (TPSA) is 131 Å². The van der Waals surface area contributed by atoms with E-state index in [1.54, 1.807) is 18.2 Å². The number of aromatic nitrogens is 2. The van der Waals surface area contributed by atoms with Gasteiger partial charge in [-0.1, -0.05) is 48.6 Å². The number of amides is 1. The van der Waals surface area contributed by atoms with Gasteiger partial charge in [0.15, 0.2) is 11.5 Å². The van der Waals surface area contributed by atoms with Crippen LogP contribution in [0.25, 0.3) is 6.08 Å². The molecule has 176 valence electrons. The van der Waals surface area contributed by atoms with Gasteiger partial charge in [0.05, 0.1) is 12.9 Å². The van der Waals surface area contributed by atoms with Crippen molar-refractivity contribution in [3.63, 3.8) is 0 Å². The molecular weight excluding hydrogens is 476 g/mol. The van der Waals surface area contributed by atoms with E-state index in [2.05, 4.69) is 15.5 Å². The number of sulfone groups is 1. The normalized spacial score (nSPS) is 11.5. The van der Waals surface area contributed by atoms with Crippen LogP contribution < -0.4 is 14.8 Å². The minimum Gasteiger partial charge on any atom is -0.493 e. The molecule has 0 bridgehead atoms. The molecule has 9 nitrogen and oxygen atoms in total. The lowest BCUT2D eigenvalue weighted by Crippen LogP contribution is -2.13. The summed E-state index contributed by atoms with van der Waals surface area (Å²) in [5, 5.41) is 19.1. The molecule has 0 aliphatic rings. The van der Waals surface area contributed by atoms with Gasteiger partial charge in [-0.15, -0.1) is 10.2 Å². The van der Waals surface area contributed by atoms with Gasteiger partial charge >= 0.3 is 0 Å². The molecule has 0 unspecified atom stereocenters. The maximum absolute atomic E-state index is 12.5. The predicted octanol–water partition coefficient (Wildman–Crippen LogP) is 3.77. The first kappa shape index (κ1) is 24.9. The second-order valence-electron chi connectivity index (χ2n) is 7.03. The molecule has 0 saturated heterocycles. The van der Waals surface area contributed by atoms with Crippen LogP contribution >= 0.6 is 11.3 Å². The molecule has 0 fully saturated rings. The molecule has 0 aliphatic carbocycles. The average Bonchev–Trinajstić information content (AvgIpc) is 3.31. The molecule has 1 N–H and O–H groups in total.